The lowest BCUT2D eigenvalue weighted by molar-refractivity contribution is -0.00968. The van der Waals surface area contributed by atoms with E-state index >= 15 is 0 Å². The van der Waals surface area contributed by atoms with Crippen molar-refractivity contribution in [3.8, 4) is 0 Å². The molecule has 0 spiro atoms. The molecule has 0 unspecified atom stereocenters. The summed E-state index contributed by atoms with van der Waals surface area (Å²) in [4.78, 5) is 2.69. The summed E-state index contributed by atoms with van der Waals surface area (Å²) < 4.78 is 4.36. The molecule has 1 fully saturated rings. The largest absolute Gasteiger partial charge is 0.488 e. The number of nitrogens with zero attached hydrogens (tertiary/aromatic N) is 2. The first-order chi connectivity index (χ1) is 2.43. The van der Waals surface area contributed by atoms with Gasteiger partial charge in [-0.05, 0) is 0 Å². The van der Waals surface area contributed by atoms with E-state index in [0.29, 0.717) is 12.5 Å². The zero-order valence-electron chi connectivity index (χ0n) is 2.51. The standard InChI is InChI=1S/C2H2N2O/c3-4-2-1-5-2/h1H2. The van der Waals surface area contributed by atoms with Crippen molar-refractivity contribution >= 4 is 5.90 Å². The van der Waals surface area contributed by atoms with E-state index in [2.05, 4.69) is 9.53 Å². The highest BCUT2D eigenvalue weighted by molar-refractivity contribution is 5.82. The topological polar surface area (TPSA) is 48.9 Å². The Kier molecular flexibility index (Phi) is 0.273. The maximum absolute atomic E-state index is 7.67. The van der Waals surface area contributed by atoms with Gasteiger partial charge in [-0.25, -0.2) is 0 Å². The van der Waals surface area contributed by atoms with Gasteiger partial charge in [0.15, 0.2) is 0 Å². The van der Waals surface area contributed by atoms with Crippen molar-refractivity contribution in [2.75, 3.05) is 6.61 Å². The van der Waals surface area contributed by atoms with E-state index in [1.54, 1.807) is 0 Å². The molecule has 0 aromatic carbocycles. The highest BCUT2D eigenvalue weighted by Gasteiger charge is 2.25. The lowest BCUT2D eigenvalue weighted by Gasteiger charge is -1.33. The minimum atomic E-state index is 0.435. The number of hydrogen-bond donors (Lipinski definition) is 0. The van der Waals surface area contributed by atoms with Gasteiger partial charge in [-0.2, -0.15) is 0 Å². The SMILES string of the molecule is [N-]=[N+]=C1CO1. The van der Waals surface area contributed by atoms with Crippen molar-refractivity contribution in [2.45, 2.75) is 0 Å². The van der Waals surface area contributed by atoms with Crippen LogP contribution in [0.4, 0.5) is 0 Å². The van der Waals surface area contributed by atoms with Gasteiger partial charge >= 0.3 is 5.90 Å². The second-order valence-electron chi connectivity index (χ2n) is 0.782. The number of rotatable bonds is 0. The molecule has 1 rings (SSSR count). The van der Waals surface area contributed by atoms with Crippen molar-refractivity contribution in [3.05, 3.63) is 5.53 Å². The molecule has 0 bridgehead atoms. The van der Waals surface area contributed by atoms with Crippen molar-refractivity contribution in [1.82, 2.24) is 0 Å². The third-order valence-corrected chi connectivity index (χ3v) is 0.385. The van der Waals surface area contributed by atoms with Crippen LogP contribution in [0.25, 0.3) is 5.53 Å². The average molecular weight is 70.1 g/mol. The second-order valence-corrected chi connectivity index (χ2v) is 0.782. The molecule has 0 aromatic heterocycles. The Balaban J connectivity index is 2.80. The summed E-state index contributed by atoms with van der Waals surface area (Å²) in [5.74, 6) is 0.435. The van der Waals surface area contributed by atoms with E-state index < -0.39 is 0 Å². The van der Waals surface area contributed by atoms with Crippen LogP contribution in [0, 0.1) is 0 Å². The molecule has 0 amide bonds. The van der Waals surface area contributed by atoms with Gasteiger partial charge < -0.3 is 10.3 Å². The minimum Gasteiger partial charge on any atom is -0.417 e. The van der Waals surface area contributed by atoms with Gasteiger partial charge in [-0.15, -0.1) is 4.79 Å². The molecule has 0 radical (unpaired) electrons. The van der Waals surface area contributed by atoms with Crippen LogP contribution >= 0.6 is 0 Å². The van der Waals surface area contributed by atoms with E-state index in [1.165, 1.54) is 0 Å². The van der Waals surface area contributed by atoms with Crippen LogP contribution < -0.4 is 0 Å². The van der Waals surface area contributed by atoms with E-state index in [9.17, 15) is 0 Å². The minimum absolute atomic E-state index is 0.435. The second kappa shape index (κ2) is 0.563. The lowest BCUT2D eigenvalue weighted by atomic mass is 10.9. The molecule has 5 heavy (non-hydrogen) atoms. The molecule has 3 nitrogen and oxygen atoms in total. The molecule has 1 aliphatic heterocycles. The number of ether oxygens (including phenoxy) is 1. The molecule has 0 aliphatic carbocycles. The fourth-order valence-electron chi connectivity index (χ4n) is 0.0900. The molecule has 3 heteroatoms. The Bertz CT molecular complexity index is 85.8. The first-order valence-corrected chi connectivity index (χ1v) is 1.27. The normalized spacial score (nSPS) is 16.4. The summed E-state index contributed by atoms with van der Waals surface area (Å²) >= 11 is 0. The monoisotopic (exact) mass is 70.0 g/mol. The molecular weight excluding hydrogens is 68.0 g/mol. The maximum atomic E-state index is 7.67. The van der Waals surface area contributed by atoms with E-state index in [4.69, 9.17) is 5.53 Å². The summed E-state index contributed by atoms with van der Waals surface area (Å²) in [6.45, 7) is 0.510. The zero-order valence-corrected chi connectivity index (χ0v) is 2.51. The fraction of sp³-hybridized carbons (Fsp3) is 0.500. The van der Waals surface area contributed by atoms with Crippen molar-refractivity contribution in [2.24, 2.45) is 0 Å². The smallest absolute Gasteiger partial charge is 0.417 e. The molecule has 26 valence electrons. The van der Waals surface area contributed by atoms with Crippen LogP contribution in [0.3, 0.4) is 0 Å². The average Bonchev–Trinajstić information content (AvgIpc) is 2.12. The summed E-state index contributed by atoms with van der Waals surface area (Å²) in [6, 6.07) is 0. The van der Waals surface area contributed by atoms with Crippen LogP contribution in [-0.2, 0) is 4.74 Å². The first kappa shape index (κ1) is 2.42. The molecule has 1 saturated heterocycles. The van der Waals surface area contributed by atoms with Crippen LogP contribution in [0.5, 0.6) is 0 Å². The molecular formula is C2H2N2O. The van der Waals surface area contributed by atoms with E-state index in [0.717, 1.165) is 0 Å². The van der Waals surface area contributed by atoms with Gasteiger partial charge in [0.05, 0.1) is 0 Å². The number of hydrogen-bond acceptors (Lipinski definition) is 1. The van der Waals surface area contributed by atoms with Crippen LogP contribution in [-0.4, -0.2) is 17.3 Å². The Morgan fingerprint density at radius 3 is 2.60 bits per heavy atom. The third kappa shape index (κ3) is 0.253. The Morgan fingerprint density at radius 1 is 2.00 bits per heavy atom. The first-order valence-electron chi connectivity index (χ1n) is 1.27. The van der Waals surface area contributed by atoms with Gasteiger partial charge in [0.25, 0.3) is 0 Å². The Morgan fingerprint density at radius 2 is 2.60 bits per heavy atom. The molecule has 0 saturated carbocycles. The number of epoxide rings is 1. The van der Waals surface area contributed by atoms with Crippen LogP contribution in [0.2, 0.25) is 0 Å². The maximum Gasteiger partial charge on any atom is 0.488 e. The fourth-order valence-corrected chi connectivity index (χ4v) is 0.0900. The highest BCUT2D eigenvalue weighted by atomic mass is 16.6. The third-order valence-electron chi connectivity index (χ3n) is 0.385. The van der Waals surface area contributed by atoms with Crippen molar-refractivity contribution in [3.63, 3.8) is 0 Å². The van der Waals surface area contributed by atoms with Gasteiger partial charge in [-0.1, -0.05) is 0 Å². The van der Waals surface area contributed by atoms with Crippen molar-refractivity contribution in [1.29, 1.82) is 0 Å². The van der Waals surface area contributed by atoms with E-state index in [-0.39, 0.29) is 0 Å². The predicted octanol–water partition coefficient (Wildman–Crippen LogP) is -0.355. The summed E-state index contributed by atoms with van der Waals surface area (Å²) in [5, 5.41) is 0. The Hall–Kier alpha value is -0.820. The molecule has 0 atom stereocenters. The summed E-state index contributed by atoms with van der Waals surface area (Å²) in [7, 11) is 0. The molecule has 1 aliphatic rings. The molecule has 0 aromatic rings. The van der Waals surface area contributed by atoms with Gasteiger partial charge in [-0.3, -0.25) is 0 Å². The summed E-state index contributed by atoms with van der Waals surface area (Å²) in [5.41, 5.74) is 7.67. The van der Waals surface area contributed by atoms with Gasteiger partial charge in [0.2, 0.25) is 6.61 Å². The quantitative estimate of drug-likeness (QED) is 0.218. The highest BCUT2D eigenvalue weighted by Crippen LogP contribution is 1.91. The van der Waals surface area contributed by atoms with Crippen LogP contribution in [0.15, 0.2) is 0 Å². The van der Waals surface area contributed by atoms with Crippen LogP contribution in [0.1, 0.15) is 0 Å². The van der Waals surface area contributed by atoms with Crippen molar-refractivity contribution < 1.29 is 9.53 Å². The van der Waals surface area contributed by atoms with E-state index in [1.807, 2.05) is 0 Å². The zero-order chi connectivity index (χ0) is 3.70. The molecule has 0 N–H and O–H groups in total. The molecule has 1 heterocycles. The predicted molar refractivity (Wildman–Crippen MR) is 14.6 cm³/mol. The lowest BCUT2D eigenvalue weighted by Crippen LogP contribution is -1.60. The summed E-state index contributed by atoms with van der Waals surface area (Å²) in [6.07, 6.45) is 0. The van der Waals surface area contributed by atoms with Gasteiger partial charge in [0, 0.05) is 0 Å². The van der Waals surface area contributed by atoms with Gasteiger partial charge in [0.1, 0.15) is 0 Å². The Labute approximate surface area is 28.8 Å².